The fourth-order valence-electron chi connectivity index (χ4n) is 4.32. The second-order valence-corrected chi connectivity index (χ2v) is 16.2. The van der Waals surface area contributed by atoms with Crippen molar-refractivity contribution >= 4 is 36.7 Å². The maximum absolute atomic E-state index is 6.16. The molecule has 2 nitrogen and oxygen atoms in total. The van der Waals surface area contributed by atoms with Crippen molar-refractivity contribution in [3.05, 3.63) is 91.0 Å². The van der Waals surface area contributed by atoms with Crippen molar-refractivity contribution < 1.29 is 9.47 Å². The van der Waals surface area contributed by atoms with Crippen molar-refractivity contribution in [1.29, 1.82) is 0 Å². The molecular weight excluding hydrogens is 431 g/mol. The van der Waals surface area contributed by atoms with E-state index in [0.29, 0.717) is 0 Å². The zero-order valence-electron chi connectivity index (χ0n) is 16.1. The van der Waals surface area contributed by atoms with E-state index < -0.39 is 5.31 Å². The molecule has 0 N–H and O–H groups in total. The van der Waals surface area contributed by atoms with Gasteiger partial charge in [-0.05, 0) is 0 Å². The van der Waals surface area contributed by atoms with Gasteiger partial charge >= 0.3 is 176 Å². The molecule has 1 heterocycles. The van der Waals surface area contributed by atoms with Crippen LogP contribution in [0.2, 0.25) is 0 Å². The summed E-state index contributed by atoms with van der Waals surface area (Å²) in [5.41, 5.74) is 0.0958. The van der Waals surface area contributed by atoms with Crippen LogP contribution in [0.4, 0.5) is 0 Å². The van der Waals surface area contributed by atoms with Gasteiger partial charge in [0.25, 0.3) is 0 Å². The second-order valence-electron chi connectivity index (χ2n) is 7.28. The number of hydrogen-bond acceptors (Lipinski definition) is 2. The van der Waals surface area contributed by atoms with Crippen LogP contribution in [0.3, 0.4) is 0 Å². The van der Waals surface area contributed by atoms with E-state index in [9.17, 15) is 0 Å². The predicted molar refractivity (Wildman–Crippen MR) is 124 cm³/mol. The van der Waals surface area contributed by atoms with Crippen LogP contribution in [0.15, 0.2) is 91.0 Å². The Morgan fingerprint density at radius 2 is 1.07 bits per heavy atom. The molecular formula is C24H26BrO2P. The topological polar surface area (TPSA) is 18.5 Å². The molecule has 1 fully saturated rings. The standard InChI is InChI=1S/C24H26BrO2P/c1-20(24-26-18-11-19-27-24)28(25,21-12-5-2-6-13-21,22-14-7-3-8-15-22)23-16-9-4-10-17-23/h2-10,12-17,20,24H,11,18-19H2,1H3. The number of rotatable bonds is 5. The van der Waals surface area contributed by atoms with Crippen LogP contribution >= 0.6 is 20.8 Å². The van der Waals surface area contributed by atoms with Gasteiger partial charge in [-0.15, -0.1) is 0 Å². The van der Waals surface area contributed by atoms with Gasteiger partial charge in [0.05, 0.1) is 0 Å². The van der Waals surface area contributed by atoms with Crippen LogP contribution in [0.1, 0.15) is 13.3 Å². The Bertz CT molecular complexity index is 796. The van der Waals surface area contributed by atoms with Crippen molar-refractivity contribution in [2.45, 2.75) is 25.3 Å². The third kappa shape index (κ3) is 3.06. The fraction of sp³-hybridized carbons (Fsp3) is 0.250. The second kappa shape index (κ2) is 8.08. The Balaban J connectivity index is 2.06. The quantitative estimate of drug-likeness (QED) is 0.504. The van der Waals surface area contributed by atoms with Crippen LogP contribution in [0, 0.1) is 0 Å². The maximum atomic E-state index is 6.16. The Morgan fingerprint density at radius 1 is 0.714 bits per heavy atom. The first-order chi connectivity index (χ1) is 13.7. The van der Waals surface area contributed by atoms with Crippen LogP contribution in [-0.4, -0.2) is 25.2 Å². The molecule has 0 amide bonds. The van der Waals surface area contributed by atoms with Crippen LogP contribution in [0.5, 0.6) is 0 Å². The molecule has 28 heavy (non-hydrogen) atoms. The number of hydrogen-bond donors (Lipinski definition) is 0. The average Bonchev–Trinajstić information content (AvgIpc) is 2.80. The van der Waals surface area contributed by atoms with Crippen LogP contribution in [0.25, 0.3) is 0 Å². The monoisotopic (exact) mass is 456 g/mol. The summed E-state index contributed by atoms with van der Waals surface area (Å²) in [5.74, 6) is 0. The number of benzene rings is 3. The van der Waals surface area contributed by atoms with Crippen molar-refractivity contribution in [2.75, 3.05) is 13.2 Å². The first-order valence-corrected chi connectivity index (χ1v) is 14.1. The van der Waals surface area contributed by atoms with Gasteiger partial charge < -0.3 is 0 Å². The summed E-state index contributed by atoms with van der Waals surface area (Å²) in [4.78, 5) is 0. The van der Waals surface area contributed by atoms with Gasteiger partial charge in [-0.1, -0.05) is 0 Å². The van der Waals surface area contributed by atoms with E-state index in [0.717, 1.165) is 19.6 Å². The van der Waals surface area contributed by atoms with Crippen LogP contribution < -0.4 is 15.9 Å². The molecule has 3 aromatic carbocycles. The van der Waals surface area contributed by atoms with Crippen LogP contribution in [-0.2, 0) is 9.47 Å². The Hall–Kier alpha value is -1.51. The van der Waals surface area contributed by atoms with E-state index >= 15 is 0 Å². The zero-order chi connectivity index (χ0) is 19.5. The number of halogens is 1. The van der Waals surface area contributed by atoms with Crippen molar-refractivity contribution in [3.63, 3.8) is 0 Å². The molecule has 0 aliphatic carbocycles. The van der Waals surface area contributed by atoms with E-state index in [1.54, 1.807) is 0 Å². The molecule has 0 radical (unpaired) electrons. The Morgan fingerprint density at radius 3 is 1.43 bits per heavy atom. The molecule has 0 aromatic heterocycles. The molecule has 0 bridgehead atoms. The van der Waals surface area contributed by atoms with Gasteiger partial charge in [0, 0.05) is 0 Å². The summed E-state index contributed by atoms with van der Waals surface area (Å²) in [6.45, 7) is 3.76. The molecule has 4 heteroatoms. The summed E-state index contributed by atoms with van der Waals surface area (Å²) in [6, 6.07) is 32.4. The zero-order valence-corrected chi connectivity index (χ0v) is 18.6. The van der Waals surface area contributed by atoms with Crippen molar-refractivity contribution in [3.8, 4) is 0 Å². The van der Waals surface area contributed by atoms with Crippen molar-refractivity contribution in [1.82, 2.24) is 0 Å². The normalized spacial score (nSPS) is 18.1. The molecule has 1 saturated heterocycles. The van der Waals surface area contributed by atoms with Gasteiger partial charge in [0.1, 0.15) is 0 Å². The molecule has 1 aliphatic heterocycles. The van der Waals surface area contributed by atoms with E-state index in [1.165, 1.54) is 15.9 Å². The molecule has 4 rings (SSSR count). The SMILES string of the molecule is CC(C1OCCCO1)P(Br)(c1ccccc1)(c1ccccc1)c1ccccc1. The van der Waals surface area contributed by atoms with Gasteiger partial charge in [-0.2, -0.15) is 0 Å². The molecule has 1 aliphatic rings. The third-order valence-electron chi connectivity index (χ3n) is 5.79. The minimum atomic E-state index is -3.07. The molecule has 146 valence electrons. The molecule has 0 spiro atoms. The van der Waals surface area contributed by atoms with E-state index in [1.807, 2.05) is 0 Å². The minimum absolute atomic E-state index is 0.0958. The van der Waals surface area contributed by atoms with E-state index in [2.05, 4.69) is 113 Å². The average molecular weight is 457 g/mol. The summed E-state index contributed by atoms with van der Waals surface area (Å²) in [5, 5.41) is 0.793. The van der Waals surface area contributed by atoms with Gasteiger partial charge in [0.2, 0.25) is 0 Å². The predicted octanol–water partition coefficient (Wildman–Crippen LogP) is 4.98. The number of ether oxygens (including phenoxy) is 2. The van der Waals surface area contributed by atoms with E-state index in [-0.39, 0.29) is 11.9 Å². The molecule has 1 unspecified atom stereocenters. The summed E-state index contributed by atoms with van der Waals surface area (Å²) < 4.78 is 12.3. The third-order valence-corrected chi connectivity index (χ3v) is 17.1. The summed E-state index contributed by atoms with van der Waals surface area (Å²) in [6.07, 6.45) is 0.690. The van der Waals surface area contributed by atoms with Gasteiger partial charge in [-0.25, -0.2) is 0 Å². The fourth-order valence-corrected chi connectivity index (χ4v) is 12.2. The van der Waals surface area contributed by atoms with Gasteiger partial charge in [-0.3, -0.25) is 0 Å². The molecule has 3 aromatic rings. The summed E-state index contributed by atoms with van der Waals surface area (Å²) >= 11 is 4.49. The van der Waals surface area contributed by atoms with E-state index in [4.69, 9.17) is 9.47 Å². The Kier molecular flexibility index (Phi) is 5.71. The molecule has 0 saturated carbocycles. The van der Waals surface area contributed by atoms with Gasteiger partial charge in [0.15, 0.2) is 0 Å². The van der Waals surface area contributed by atoms with Crippen molar-refractivity contribution in [2.24, 2.45) is 0 Å². The first kappa shape index (κ1) is 19.8. The summed E-state index contributed by atoms with van der Waals surface area (Å²) in [7, 11) is 0. The molecule has 1 atom stereocenters. The Labute approximate surface area is 175 Å². The first-order valence-electron chi connectivity index (χ1n) is 9.79.